The van der Waals surface area contributed by atoms with E-state index in [0.717, 1.165) is 6.07 Å². The number of rotatable bonds is 5. The molecular formula is C13H12ClFN4O2. The van der Waals surface area contributed by atoms with E-state index in [-0.39, 0.29) is 29.6 Å². The van der Waals surface area contributed by atoms with Gasteiger partial charge in [-0.3, -0.25) is 14.7 Å². The number of amides is 2. The van der Waals surface area contributed by atoms with Gasteiger partial charge in [-0.2, -0.15) is 5.10 Å². The van der Waals surface area contributed by atoms with Crippen LogP contribution in [0.3, 0.4) is 0 Å². The number of carbonyl (C=O) groups is 2. The minimum absolute atomic E-state index is 0.116. The van der Waals surface area contributed by atoms with Gasteiger partial charge in [0.1, 0.15) is 11.5 Å². The number of hydrogen-bond donors (Lipinski definition) is 3. The topological polar surface area (TPSA) is 86.9 Å². The van der Waals surface area contributed by atoms with Gasteiger partial charge in [-0.05, 0) is 24.3 Å². The van der Waals surface area contributed by atoms with E-state index in [1.54, 1.807) is 0 Å². The third kappa shape index (κ3) is 4.03. The summed E-state index contributed by atoms with van der Waals surface area (Å²) in [6.07, 6.45) is 1.47. The quantitative estimate of drug-likeness (QED) is 0.729. The predicted octanol–water partition coefficient (Wildman–Crippen LogP) is 1.36. The molecular weight excluding hydrogens is 299 g/mol. The van der Waals surface area contributed by atoms with Gasteiger partial charge in [0.05, 0.1) is 5.02 Å². The minimum atomic E-state index is -0.583. The summed E-state index contributed by atoms with van der Waals surface area (Å²) < 4.78 is 13.0. The van der Waals surface area contributed by atoms with Crippen LogP contribution in [0.5, 0.6) is 0 Å². The SMILES string of the molecule is O=C(NCCNC(=O)c1ccn[nH]1)c1ccc(F)c(Cl)c1. The fourth-order valence-electron chi connectivity index (χ4n) is 1.57. The zero-order valence-electron chi connectivity index (χ0n) is 10.8. The molecule has 8 heteroatoms. The first-order valence-corrected chi connectivity index (χ1v) is 6.46. The van der Waals surface area contributed by atoms with Crippen molar-refractivity contribution in [3.63, 3.8) is 0 Å². The zero-order valence-corrected chi connectivity index (χ0v) is 11.6. The number of aromatic nitrogens is 2. The van der Waals surface area contributed by atoms with Crippen LogP contribution in [-0.2, 0) is 0 Å². The van der Waals surface area contributed by atoms with E-state index in [2.05, 4.69) is 20.8 Å². The molecule has 1 aromatic carbocycles. The molecule has 0 aliphatic carbocycles. The molecule has 0 fully saturated rings. The molecule has 0 spiro atoms. The van der Waals surface area contributed by atoms with Crippen molar-refractivity contribution >= 4 is 23.4 Å². The lowest BCUT2D eigenvalue weighted by molar-refractivity contribution is 0.0925. The highest BCUT2D eigenvalue weighted by Gasteiger charge is 2.09. The predicted molar refractivity (Wildman–Crippen MR) is 74.7 cm³/mol. The second-order valence-corrected chi connectivity index (χ2v) is 4.52. The van der Waals surface area contributed by atoms with Crippen molar-refractivity contribution in [1.29, 1.82) is 0 Å². The first-order valence-electron chi connectivity index (χ1n) is 6.09. The van der Waals surface area contributed by atoms with Gasteiger partial charge in [0.15, 0.2) is 0 Å². The monoisotopic (exact) mass is 310 g/mol. The summed E-state index contributed by atoms with van der Waals surface area (Å²) >= 11 is 5.60. The average molecular weight is 311 g/mol. The maximum atomic E-state index is 13.0. The molecule has 3 N–H and O–H groups in total. The van der Waals surface area contributed by atoms with E-state index in [9.17, 15) is 14.0 Å². The van der Waals surface area contributed by atoms with Gasteiger partial charge >= 0.3 is 0 Å². The van der Waals surface area contributed by atoms with Crippen LogP contribution in [0, 0.1) is 5.82 Å². The summed E-state index contributed by atoms with van der Waals surface area (Å²) in [5.74, 6) is -1.29. The molecule has 1 aromatic heterocycles. The number of benzene rings is 1. The third-order valence-corrected chi connectivity index (χ3v) is 2.91. The summed E-state index contributed by atoms with van der Waals surface area (Å²) in [4.78, 5) is 23.3. The molecule has 0 atom stereocenters. The smallest absolute Gasteiger partial charge is 0.269 e. The number of nitrogens with zero attached hydrogens (tertiary/aromatic N) is 1. The molecule has 6 nitrogen and oxygen atoms in total. The van der Waals surface area contributed by atoms with Crippen molar-refractivity contribution in [2.24, 2.45) is 0 Å². The minimum Gasteiger partial charge on any atom is -0.350 e. The molecule has 2 rings (SSSR count). The number of nitrogens with one attached hydrogen (secondary N) is 3. The third-order valence-electron chi connectivity index (χ3n) is 2.62. The Labute approximate surface area is 124 Å². The second kappa shape index (κ2) is 6.85. The lowest BCUT2D eigenvalue weighted by atomic mass is 10.2. The molecule has 21 heavy (non-hydrogen) atoms. The van der Waals surface area contributed by atoms with Crippen LogP contribution < -0.4 is 10.6 Å². The molecule has 0 saturated carbocycles. The Morgan fingerprint density at radius 3 is 2.52 bits per heavy atom. The fourth-order valence-corrected chi connectivity index (χ4v) is 1.75. The van der Waals surface area contributed by atoms with Crippen molar-refractivity contribution in [3.8, 4) is 0 Å². The Hall–Kier alpha value is -2.41. The lowest BCUT2D eigenvalue weighted by Gasteiger charge is -2.07. The van der Waals surface area contributed by atoms with E-state index < -0.39 is 11.7 Å². The highest BCUT2D eigenvalue weighted by molar-refractivity contribution is 6.31. The Kier molecular flexibility index (Phi) is 4.89. The summed E-state index contributed by atoms with van der Waals surface area (Å²) in [6, 6.07) is 5.24. The lowest BCUT2D eigenvalue weighted by Crippen LogP contribution is -2.34. The molecule has 0 aliphatic heterocycles. The molecule has 0 saturated heterocycles. The first kappa shape index (κ1) is 15.0. The summed E-state index contributed by atoms with van der Waals surface area (Å²) in [5.41, 5.74) is 0.591. The Bertz CT molecular complexity index is 646. The average Bonchev–Trinajstić information content (AvgIpc) is 3.00. The van der Waals surface area contributed by atoms with Crippen LogP contribution in [0.1, 0.15) is 20.8 Å². The fraction of sp³-hybridized carbons (Fsp3) is 0.154. The molecule has 110 valence electrons. The molecule has 0 unspecified atom stereocenters. The molecule has 2 aromatic rings. The Balaban J connectivity index is 1.77. The maximum Gasteiger partial charge on any atom is 0.269 e. The van der Waals surface area contributed by atoms with Crippen LogP contribution >= 0.6 is 11.6 Å². The Morgan fingerprint density at radius 1 is 1.19 bits per heavy atom. The first-order chi connectivity index (χ1) is 10.1. The zero-order chi connectivity index (χ0) is 15.2. The standard InChI is InChI=1S/C13H12ClFN4O2/c14-9-7-8(1-2-10(9)15)12(20)16-5-6-17-13(21)11-3-4-18-19-11/h1-4,7H,5-6H2,(H,16,20)(H,17,21)(H,18,19). The summed E-state index contributed by atoms with van der Waals surface area (Å²) in [5, 5.41) is 11.3. The van der Waals surface area contributed by atoms with Gasteiger partial charge in [-0.25, -0.2) is 4.39 Å². The van der Waals surface area contributed by atoms with Gasteiger partial charge in [0, 0.05) is 24.8 Å². The van der Waals surface area contributed by atoms with Crippen molar-refractivity contribution in [2.45, 2.75) is 0 Å². The van der Waals surface area contributed by atoms with Crippen molar-refractivity contribution in [3.05, 3.63) is 52.6 Å². The van der Waals surface area contributed by atoms with Crippen LogP contribution in [-0.4, -0.2) is 35.1 Å². The molecule has 0 bridgehead atoms. The van der Waals surface area contributed by atoms with Crippen LogP contribution in [0.4, 0.5) is 4.39 Å². The van der Waals surface area contributed by atoms with Crippen molar-refractivity contribution in [1.82, 2.24) is 20.8 Å². The normalized spacial score (nSPS) is 10.2. The Morgan fingerprint density at radius 2 is 1.90 bits per heavy atom. The molecule has 1 heterocycles. The number of aromatic amines is 1. The van der Waals surface area contributed by atoms with Crippen molar-refractivity contribution < 1.29 is 14.0 Å². The number of halogens is 2. The number of hydrogen-bond acceptors (Lipinski definition) is 3. The van der Waals surface area contributed by atoms with Crippen LogP contribution in [0.15, 0.2) is 30.5 Å². The van der Waals surface area contributed by atoms with E-state index in [0.29, 0.717) is 5.69 Å². The van der Waals surface area contributed by atoms with Gasteiger partial charge in [-0.15, -0.1) is 0 Å². The van der Waals surface area contributed by atoms with E-state index in [4.69, 9.17) is 11.6 Å². The maximum absolute atomic E-state index is 13.0. The summed E-state index contributed by atoms with van der Waals surface area (Å²) in [7, 11) is 0. The summed E-state index contributed by atoms with van der Waals surface area (Å²) in [6.45, 7) is 0.478. The molecule has 0 aliphatic rings. The van der Waals surface area contributed by atoms with E-state index >= 15 is 0 Å². The van der Waals surface area contributed by atoms with Gasteiger partial charge in [-0.1, -0.05) is 11.6 Å². The largest absolute Gasteiger partial charge is 0.350 e. The highest BCUT2D eigenvalue weighted by atomic mass is 35.5. The second-order valence-electron chi connectivity index (χ2n) is 4.11. The van der Waals surface area contributed by atoms with Crippen molar-refractivity contribution in [2.75, 3.05) is 13.1 Å². The highest BCUT2D eigenvalue weighted by Crippen LogP contribution is 2.15. The molecule has 2 amide bonds. The van der Waals surface area contributed by atoms with E-state index in [1.807, 2.05) is 0 Å². The van der Waals surface area contributed by atoms with Gasteiger partial charge in [0.2, 0.25) is 0 Å². The van der Waals surface area contributed by atoms with Gasteiger partial charge < -0.3 is 10.6 Å². The van der Waals surface area contributed by atoms with Crippen LogP contribution in [0.25, 0.3) is 0 Å². The number of carbonyl (C=O) groups excluding carboxylic acids is 2. The van der Waals surface area contributed by atoms with Gasteiger partial charge in [0.25, 0.3) is 11.8 Å². The van der Waals surface area contributed by atoms with Crippen LogP contribution in [0.2, 0.25) is 5.02 Å². The molecule has 0 radical (unpaired) electrons. The number of H-pyrrole nitrogens is 1. The van der Waals surface area contributed by atoms with E-state index in [1.165, 1.54) is 24.4 Å².